The molecule has 5 rings (SSSR count). The van der Waals surface area contributed by atoms with Crippen molar-refractivity contribution in [3.63, 3.8) is 0 Å². The number of rotatable bonds is 4. The van der Waals surface area contributed by atoms with Crippen LogP contribution in [0.1, 0.15) is 33.3 Å². The van der Waals surface area contributed by atoms with Gasteiger partial charge in [0.1, 0.15) is 15.6 Å². The fourth-order valence-electron chi connectivity index (χ4n) is 3.57. The van der Waals surface area contributed by atoms with Crippen molar-refractivity contribution in [2.75, 3.05) is 0 Å². The van der Waals surface area contributed by atoms with Crippen LogP contribution in [0.4, 0.5) is 0 Å². The first-order chi connectivity index (χ1) is 15.1. The minimum atomic E-state index is -0.423. The van der Waals surface area contributed by atoms with E-state index in [0.717, 1.165) is 16.8 Å². The number of aromatic nitrogens is 4. The third kappa shape index (κ3) is 3.59. The highest BCUT2D eigenvalue weighted by molar-refractivity contribution is 7.16. The number of amides is 1. The summed E-state index contributed by atoms with van der Waals surface area (Å²) in [7, 11) is 1.83. The van der Waals surface area contributed by atoms with Crippen LogP contribution in [0.3, 0.4) is 0 Å². The largest absolute Gasteiger partial charge is 0.508 e. The second-order valence-electron chi connectivity index (χ2n) is 7.15. The minimum Gasteiger partial charge on any atom is -0.508 e. The van der Waals surface area contributed by atoms with Gasteiger partial charge in [0.2, 0.25) is 0 Å². The summed E-state index contributed by atoms with van der Waals surface area (Å²) in [6.07, 6.45) is 9.03. The molecule has 1 amide bonds. The highest BCUT2D eigenvalue weighted by atomic mass is 32.1. The van der Waals surface area contributed by atoms with Gasteiger partial charge in [-0.15, -0.1) is 11.3 Å². The summed E-state index contributed by atoms with van der Waals surface area (Å²) in [5, 5.41) is 21.4. The van der Waals surface area contributed by atoms with Crippen LogP contribution in [0.15, 0.2) is 72.5 Å². The summed E-state index contributed by atoms with van der Waals surface area (Å²) in [6.45, 7) is 0. The molecule has 3 aromatic heterocycles. The number of hydrazone groups is 1. The fourth-order valence-corrected chi connectivity index (χ4v) is 4.39. The van der Waals surface area contributed by atoms with Crippen molar-refractivity contribution < 1.29 is 9.90 Å². The summed E-state index contributed by atoms with van der Waals surface area (Å²) in [6, 6.07) is 10.4. The van der Waals surface area contributed by atoms with E-state index < -0.39 is 6.04 Å². The van der Waals surface area contributed by atoms with Gasteiger partial charge in [-0.25, -0.2) is 9.99 Å². The van der Waals surface area contributed by atoms with Gasteiger partial charge in [0.15, 0.2) is 0 Å². The van der Waals surface area contributed by atoms with E-state index in [2.05, 4.69) is 20.2 Å². The highest BCUT2D eigenvalue weighted by Crippen LogP contribution is 2.38. The molecule has 8 nitrogen and oxygen atoms in total. The molecule has 0 fully saturated rings. The standard InChI is InChI=1S/C22H18N6O2S/c1-27-13-15(11-25-27)21-24-12-20(31-21)22(30)28-18(16-6-2-3-7-19(16)29)9-17(26-28)14-5-4-8-23-10-14/h2-8,10-13,18,29H,9H2,1H3. The number of phenols is 1. The molecule has 0 saturated heterocycles. The number of pyridine rings is 1. The Morgan fingerprint density at radius 1 is 1.13 bits per heavy atom. The number of hydrogen-bond acceptors (Lipinski definition) is 7. The van der Waals surface area contributed by atoms with Gasteiger partial charge in [0, 0.05) is 48.7 Å². The van der Waals surface area contributed by atoms with E-state index in [1.54, 1.807) is 41.6 Å². The quantitative estimate of drug-likeness (QED) is 0.533. The van der Waals surface area contributed by atoms with Gasteiger partial charge in [-0.05, 0) is 12.1 Å². The van der Waals surface area contributed by atoms with Gasteiger partial charge >= 0.3 is 0 Å². The number of para-hydroxylation sites is 1. The maximum atomic E-state index is 13.4. The highest BCUT2D eigenvalue weighted by Gasteiger charge is 2.35. The zero-order valence-corrected chi connectivity index (χ0v) is 17.4. The zero-order chi connectivity index (χ0) is 21.4. The topological polar surface area (TPSA) is 96.5 Å². The van der Waals surface area contributed by atoms with Crippen LogP contribution < -0.4 is 0 Å². The van der Waals surface area contributed by atoms with Crippen molar-refractivity contribution in [2.45, 2.75) is 12.5 Å². The molecule has 0 radical (unpaired) electrons. The van der Waals surface area contributed by atoms with Crippen molar-refractivity contribution in [3.8, 4) is 16.3 Å². The lowest BCUT2D eigenvalue weighted by Gasteiger charge is -2.22. The van der Waals surface area contributed by atoms with Crippen LogP contribution >= 0.6 is 11.3 Å². The minimum absolute atomic E-state index is 0.133. The third-order valence-electron chi connectivity index (χ3n) is 5.08. The molecule has 1 aliphatic heterocycles. The maximum Gasteiger partial charge on any atom is 0.286 e. The zero-order valence-electron chi connectivity index (χ0n) is 16.6. The number of thiazole rings is 1. The van der Waals surface area contributed by atoms with Crippen molar-refractivity contribution >= 4 is 23.0 Å². The van der Waals surface area contributed by atoms with Crippen LogP contribution in [0, 0.1) is 0 Å². The Morgan fingerprint density at radius 3 is 2.74 bits per heavy atom. The first kappa shape index (κ1) is 19.1. The van der Waals surface area contributed by atoms with Crippen LogP contribution in [0.2, 0.25) is 0 Å². The molecule has 0 spiro atoms. The molecule has 154 valence electrons. The Balaban J connectivity index is 1.52. The summed E-state index contributed by atoms with van der Waals surface area (Å²) >= 11 is 1.29. The molecule has 9 heteroatoms. The van der Waals surface area contributed by atoms with E-state index in [0.29, 0.717) is 21.9 Å². The van der Waals surface area contributed by atoms with Crippen molar-refractivity contribution in [3.05, 3.63) is 83.4 Å². The smallest absolute Gasteiger partial charge is 0.286 e. The number of hydrogen-bond donors (Lipinski definition) is 1. The van der Waals surface area contributed by atoms with Crippen LogP contribution in [-0.2, 0) is 7.05 Å². The van der Waals surface area contributed by atoms with Gasteiger partial charge < -0.3 is 5.11 Å². The van der Waals surface area contributed by atoms with E-state index in [4.69, 9.17) is 0 Å². The summed E-state index contributed by atoms with van der Waals surface area (Å²) in [5.74, 6) is -0.131. The average Bonchev–Trinajstić information content (AvgIpc) is 3.53. The average molecular weight is 430 g/mol. The SMILES string of the molecule is Cn1cc(-c2ncc(C(=O)N3N=C(c4cccnc4)CC3c3ccccc3O)s2)cn1. The predicted octanol–water partition coefficient (Wildman–Crippen LogP) is 3.64. The van der Waals surface area contributed by atoms with Gasteiger partial charge in [0.05, 0.1) is 24.1 Å². The normalized spacial score (nSPS) is 15.8. The van der Waals surface area contributed by atoms with Gasteiger partial charge in [0.25, 0.3) is 5.91 Å². The van der Waals surface area contributed by atoms with Crippen LogP contribution in [-0.4, -0.2) is 41.5 Å². The molecule has 0 aliphatic carbocycles. The van der Waals surface area contributed by atoms with E-state index >= 15 is 0 Å². The van der Waals surface area contributed by atoms with Gasteiger partial charge in [-0.2, -0.15) is 10.2 Å². The molecule has 4 heterocycles. The van der Waals surface area contributed by atoms with Gasteiger partial charge in [-0.1, -0.05) is 24.3 Å². The number of aromatic hydroxyl groups is 1. The molecular formula is C22H18N6O2S. The Bertz CT molecular complexity index is 1280. The fraction of sp³-hybridized carbons (Fsp3) is 0.136. The Kier molecular flexibility index (Phi) is 4.79. The lowest BCUT2D eigenvalue weighted by Crippen LogP contribution is -2.26. The molecule has 1 N–H and O–H groups in total. The first-order valence-electron chi connectivity index (χ1n) is 9.64. The number of benzene rings is 1. The number of carbonyl (C=O) groups is 1. The van der Waals surface area contributed by atoms with E-state index in [1.165, 1.54) is 16.3 Å². The Hall–Kier alpha value is -3.85. The van der Waals surface area contributed by atoms with Crippen molar-refractivity contribution in [2.24, 2.45) is 12.1 Å². The first-order valence-corrected chi connectivity index (χ1v) is 10.5. The lowest BCUT2D eigenvalue weighted by atomic mass is 9.98. The molecule has 1 aliphatic rings. The predicted molar refractivity (Wildman–Crippen MR) is 117 cm³/mol. The molecule has 1 unspecified atom stereocenters. The molecule has 4 aromatic rings. The second kappa shape index (κ2) is 7.77. The Morgan fingerprint density at radius 2 is 2.00 bits per heavy atom. The summed E-state index contributed by atoms with van der Waals surface area (Å²) in [4.78, 5) is 22.5. The molecule has 1 aromatic carbocycles. The molecule has 0 saturated carbocycles. The van der Waals surface area contributed by atoms with E-state index in [-0.39, 0.29) is 11.7 Å². The molecular weight excluding hydrogens is 412 g/mol. The lowest BCUT2D eigenvalue weighted by molar-refractivity contribution is 0.0714. The summed E-state index contributed by atoms with van der Waals surface area (Å²) in [5.41, 5.74) is 3.09. The second-order valence-corrected chi connectivity index (χ2v) is 8.18. The molecule has 1 atom stereocenters. The van der Waals surface area contributed by atoms with Crippen molar-refractivity contribution in [1.29, 1.82) is 0 Å². The molecule has 31 heavy (non-hydrogen) atoms. The Labute approximate surface area is 182 Å². The number of nitrogens with zero attached hydrogens (tertiary/aromatic N) is 6. The van der Waals surface area contributed by atoms with Crippen LogP contribution in [0.25, 0.3) is 10.6 Å². The van der Waals surface area contributed by atoms with E-state index in [9.17, 15) is 9.90 Å². The van der Waals surface area contributed by atoms with E-state index in [1.807, 2.05) is 37.5 Å². The summed E-state index contributed by atoms with van der Waals surface area (Å²) < 4.78 is 1.69. The third-order valence-corrected chi connectivity index (χ3v) is 6.11. The van der Waals surface area contributed by atoms with Gasteiger partial charge in [-0.3, -0.25) is 14.5 Å². The number of phenolic OH excluding ortho intramolecular Hbond substituents is 1. The molecule has 0 bridgehead atoms. The van der Waals surface area contributed by atoms with Crippen LogP contribution in [0.5, 0.6) is 5.75 Å². The number of carbonyl (C=O) groups excluding carboxylic acids is 1. The van der Waals surface area contributed by atoms with Crippen molar-refractivity contribution in [1.82, 2.24) is 24.8 Å². The monoisotopic (exact) mass is 430 g/mol. The maximum absolute atomic E-state index is 13.4. The number of aryl methyl sites for hydroxylation is 1.